The van der Waals surface area contributed by atoms with E-state index in [4.69, 9.17) is 0 Å². The van der Waals surface area contributed by atoms with Gasteiger partial charge in [-0.05, 0) is 28.1 Å². The number of carbonyl (C=O) groups is 1. The average molecular weight is 406 g/mol. The second kappa shape index (κ2) is 6.11. The van der Waals surface area contributed by atoms with Gasteiger partial charge >= 0.3 is 0 Å². The van der Waals surface area contributed by atoms with Gasteiger partial charge < -0.3 is 9.42 Å². The van der Waals surface area contributed by atoms with E-state index in [0.717, 1.165) is 3.79 Å². The minimum absolute atomic E-state index is 0.235. The number of nitrogens with zero attached hydrogens (tertiary/aromatic N) is 3. The maximum atomic E-state index is 12.5. The number of sulfonamides is 1. The number of aromatic nitrogens is 1. The van der Waals surface area contributed by atoms with Crippen LogP contribution in [0.1, 0.15) is 10.5 Å². The molecule has 1 saturated heterocycles. The molecule has 0 saturated carbocycles. The van der Waals surface area contributed by atoms with Crippen LogP contribution in [0.2, 0.25) is 0 Å². The quantitative estimate of drug-likeness (QED) is 0.774. The molecule has 2 aromatic rings. The standard InChI is InChI=1S/C12H12BrN3O4S2/c13-10-1-2-11(21-10)22(18,19)16-6-4-15(5-7-16)12(17)9-3-8-20-14-9/h1-3,8H,4-7H2. The normalized spacial score (nSPS) is 16.9. The molecule has 1 aliphatic heterocycles. The highest BCUT2D eigenvalue weighted by atomic mass is 79.9. The maximum Gasteiger partial charge on any atom is 0.276 e. The highest BCUT2D eigenvalue weighted by Crippen LogP contribution is 2.29. The molecule has 3 heterocycles. The topological polar surface area (TPSA) is 83.7 Å². The number of piperazine rings is 1. The fourth-order valence-electron chi connectivity index (χ4n) is 2.18. The van der Waals surface area contributed by atoms with E-state index in [1.54, 1.807) is 17.0 Å². The SMILES string of the molecule is O=C(c1ccon1)N1CCN(S(=O)(=O)c2ccc(Br)s2)CC1. The van der Waals surface area contributed by atoms with Crippen molar-refractivity contribution in [3.05, 3.63) is 33.9 Å². The predicted octanol–water partition coefficient (Wildman–Crippen LogP) is 1.65. The predicted molar refractivity (Wildman–Crippen MR) is 83.2 cm³/mol. The van der Waals surface area contributed by atoms with Crippen molar-refractivity contribution in [1.82, 2.24) is 14.4 Å². The summed E-state index contributed by atoms with van der Waals surface area (Å²) in [4.78, 5) is 13.7. The Balaban J connectivity index is 1.68. The number of halogens is 1. The summed E-state index contributed by atoms with van der Waals surface area (Å²) < 4.78 is 32.1. The third-order valence-corrected chi connectivity index (χ3v) is 7.32. The van der Waals surface area contributed by atoms with Crippen molar-refractivity contribution in [2.75, 3.05) is 26.2 Å². The van der Waals surface area contributed by atoms with Gasteiger partial charge in [-0.25, -0.2) is 8.42 Å². The molecule has 0 aliphatic carbocycles. The van der Waals surface area contributed by atoms with Gasteiger partial charge in [0.2, 0.25) is 0 Å². The Kier molecular flexibility index (Phi) is 4.35. The molecular formula is C12H12BrN3O4S2. The van der Waals surface area contributed by atoms with Crippen LogP contribution in [0.3, 0.4) is 0 Å². The van der Waals surface area contributed by atoms with Crippen LogP contribution in [0.4, 0.5) is 0 Å². The molecule has 2 aromatic heterocycles. The summed E-state index contributed by atoms with van der Waals surface area (Å²) in [6.07, 6.45) is 1.34. The first-order valence-corrected chi connectivity index (χ1v) is 9.48. The summed E-state index contributed by atoms with van der Waals surface area (Å²) in [7, 11) is -3.49. The van der Waals surface area contributed by atoms with Gasteiger partial charge in [0.25, 0.3) is 15.9 Å². The Hall–Kier alpha value is -1.23. The van der Waals surface area contributed by atoms with Crippen LogP contribution in [-0.4, -0.2) is 54.9 Å². The van der Waals surface area contributed by atoms with E-state index < -0.39 is 10.0 Å². The van der Waals surface area contributed by atoms with Gasteiger partial charge in [-0.3, -0.25) is 4.79 Å². The largest absolute Gasteiger partial charge is 0.364 e. The zero-order valence-electron chi connectivity index (χ0n) is 11.3. The van der Waals surface area contributed by atoms with Crippen LogP contribution < -0.4 is 0 Å². The van der Waals surface area contributed by atoms with Crippen molar-refractivity contribution in [2.24, 2.45) is 0 Å². The highest BCUT2D eigenvalue weighted by molar-refractivity contribution is 9.11. The molecule has 0 N–H and O–H groups in total. The number of thiophene rings is 1. The van der Waals surface area contributed by atoms with E-state index in [1.807, 2.05) is 0 Å². The third kappa shape index (κ3) is 2.96. The molecule has 22 heavy (non-hydrogen) atoms. The molecule has 0 aromatic carbocycles. The lowest BCUT2D eigenvalue weighted by molar-refractivity contribution is 0.0687. The van der Waals surface area contributed by atoms with Crippen LogP contribution in [0.5, 0.6) is 0 Å². The molecule has 0 atom stereocenters. The summed E-state index contributed by atoms with van der Waals surface area (Å²) >= 11 is 4.44. The van der Waals surface area contributed by atoms with Crippen molar-refractivity contribution in [3.63, 3.8) is 0 Å². The highest BCUT2D eigenvalue weighted by Gasteiger charge is 2.31. The second-order valence-corrected chi connectivity index (χ2v) is 9.27. The Bertz CT molecular complexity index is 764. The van der Waals surface area contributed by atoms with Crippen molar-refractivity contribution >= 4 is 43.2 Å². The Morgan fingerprint density at radius 2 is 1.95 bits per heavy atom. The van der Waals surface area contributed by atoms with E-state index in [0.29, 0.717) is 17.3 Å². The molecule has 0 spiro atoms. The zero-order valence-corrected chi connectivity index (χ0v) is 14.5. The first kappa shape index (κ1) is 15.7. The van der Waals surface area contributed by atoms with E-state index in [1.165, 1.54) is 28.0 Å². The van der Waals surface area contributed by atoms with Crippen molar-refractivity contribution < 1.29 is 17.7 Å². The summed E-state index contributed by atoms with van der Waals surface area (Å²) in [5.41, 5.74) is 0.235. The number of hydrogen-bond acceptors (Lipinski definition) is 6. The smallest absolute Gasteiger partial charge is 0.276 e. The number of amides is 1. The minimum Gasteiger partial charge on any atom is -0.364 e. The number of carbonyl (C=O) groups excluding carboxylic acids is 1. The molecular weight excluding hydrogens is 394 g/mol. The molecule has 1 aliphatic rings. The third-order valence-electron chi connectivity index (χ3n) is 3.33. The molecule has 0 bridgehead atoms. The Morgan fingerprint density at radius 3 is 2.50 bits per heavy atom. The van der Waals surface area contributed by atoms with Crippen molar-refractivity contribution in [2.45, 2.75) is 4.21 Å². The van der Waals surface area contributed by atoms with Gasteiger partial charge in [0.1, 0.15) is 10.5 Å². The van der Waals surface area contributed by atoms with E-state index in [-0.39, 0.29) is 24.7 Å². The second-order valence-electron chi connectivity index (χ2n) is 4.64. The first-order valence-electron chi connectivity index (χ1n) is 6.43. The van der Waals surface area contributed by atoms with Crippen LogP contribution in [0.25, 0.3) is 0 Å². The Labute approximate surface area is 139 Å². The minimum atomic E-state index is -3.49. The summed E-state index contributed by atoms with van der Waals surface area (Å²) in [6, 6.07) is 4.79. The van der Waals surface area contributed by atoms with Gasteiger partial charge in [0.15, 0.2) is 5.69 Å². The van der Waals surface area contributed by atoms with Crippen molar-refractivity contribution in [1.29, 1.82) is 0 Å². The lowest BCUT2D eigenvalue weighted by atomic mass is 10.3. The van der Waals surface area contributed by atoms with Crippen LogP contribution >= 0.6 is 27.3 Å². The van der Waals surface area contributed by atoms with Crippen molar-refractivity contribution in [3.8, 4) is 0 Å². The molecule has 3 rings (SSSR count). The van der Waals surface area contributed by atoms with Crippen LogP contribution in [-0.2, 0) is 10.0 Å². The van der Waals surface area contributed by atoms with Gasteiger partial charge in [-0.2, -0.15) is 4.31 Å². The van der Waals surface area contributed by atoms with Gasteiger partial charge in [-0.1, -0.05) is 5.16 Å². The van der Waals surface area contributed by atoms with E-state index >= 15 is 0 Å². The molecule has 1 amide bonds. The summed E-state index contributed by atoms with van der Waals surface area (Å²) in [6.45, 7) is 1.19. The fraction of sp³-hybridized carbons (Fsp3) is 0.333. The van der Waals surface area contributed by atoms with Crippen LogP contribution in [0.15, 0.2) is 37.0 Å². The van der Waals surface area contributed by atoms with Gasteiger partial charge in [-0.15, -0.1) is 11.3 Å². The summed E-state index contributed by atoms with van der Waals surface area (Å²) in [5.74, 6) is -0.246. The molecule has 1 fully saturated rings. The number of hydrogen-bond donors (Lipinski definition) is 0. The first-order chi connectivity index (χ1) is 10.5. The lowest BCUT2D eigenvalue weighted by Gasteiger charge is -2.33. The van der Waals surface area contributed by atoms with Gasteiger partial charge in [0.05, 0.1) is 3.79 Å². The van der Waals surface area contributed by atoms with E-state index in [9.17, 15) is 13.2 Å². The number of rotatable bonds is 3. The zero-order chi connectivity index (χ0) is 15.7. The monoisotopic (exact) mass is 405 g/mol. The molecule has 7 nitrogen and oxygen atoms in total. The van der Waals surface area contributed by atoms with E-state index in [2.05, 4.69) is 25.6 Å². The Morgan fingerprint density at radius 1 is 1.23 bits per heavy atom. The molecule has 0 unspecified atom stereocenters. The average Bonchev–Trinajstić information content (AvgIpc) is 3.18. The molecule has 118 valence electrons. The lowest BCUT2D eigenvalue weighted by Crippen LogP contribution is -2.50. The molecule has 0 radical (unpaired) electrons. The maximum absolute atomic E-state index is 12.5. The fourth-order valence-corrected chi connectivity index (χ4v) is 5.77. The molecule has 10 heteroatoms. The summed E-state index contributed by atoms with van der Waals surface area (Å²) in [5, 5.41) is 3.61. The van der Waals surface area contributed by atoms with Crippen LogP contribution in [0, 0.1) is 0 Å². The van der Waals surface area contributed by atoms with Gasteiger partial charge in [0, 0.05) is 32.2 Å².